The molecule has 114 valence electrons. The summed E-state index contributed by atoms with van der Waals surface area (Å²) in [4.78, 5) is 0. The molecule has 0 bridgehead atoms. The lowest BCUT2D eigenvalue weighted by Gasteiger charge is -2.19. The quantitative estimate of drug-likeness (QED) is 0.838. The second kappa shape index (κ2) is 7.36. The monoisotopic (exact) mass is 289 g/mol. The Balaban J connectivity index is 2.05. The van der Waals surface area contributed by atoms with E-state index in [1.165, 1.54) is 17.7 Å². The Kier molecular flexibility index (Phi) is 5.51. The molecular formula is C17H24FN3. The van der Waals surface area contributed by atoms with Crippen LogP contribution in [0.3, 0.4) is 0 Å². The van der Waals surface area contributed by atoms with Crippen molar-refractivity contribution in [2.45, 2.75) is 45.7 Å². The van der Waals surface area contributed by atoms with E-state index < -0.39 is 0 Å². The van der Waals surface area contributed by atoms with Gasteiger partial charge in [0.1, 0.15) is 5.82 Å². The van der Waals surface area contributed by atoms with Crippen LogP contribution in [0.5, 0.6) is 0 Å². The molecule has 0 fully saturated rings. The number of halogens is 1. The molecule has 0 aliphatic carbocycles. The number of rotatable bonds is 7. The van der Waals surface area contributed by atoms with Crippen LogP contribution in [0.25, 0.3) is 0 Å². The third-order valence-electron chi connectivity index (χ3n) is 3.77. The molecule has 1 N–H and O–H groups in total. The van der Waals surface area contributed by atoms with Gasteiger partial charge in [0.05, 0.1) is 5.69 Å². The summed E-state index contributed by atoms with van der Waals surface area (Å²) in [6.45, 7) is 4.99. The van der Waals surface area contributed by atoms with Gasteiger partial charge in [-0.1, -0.05) is 31.9 Å². The van der Waals surface area contributed by atoms with Gasteiger partial charge in [-0.2, -0.15) is 5.10 Å². The van der Waals surface area contributed by atoms with Crippen LogP contribution in [0.4, 0.5) is 4.39 Å². The first kappa shape index (κ1) is 15.7. The van der Waals surface area contributed by atoms with E-state index in [4.69, 9.17) is 0 Å². The lowest BCUT2D eigenvalue weighted by atomic mass is 10.0. The van der Waals surface area contributed by atoms with Crippen LogP contribution in [-0.2, 0) is 13.6 Å². The van der Waals surface area contributed by atoms with E-state index in [9.17, 15) is 4.39 Å². The molecule has 1 atom stereocenters. The van der Waals surface area contributed by atoms with Crippen LogP contribution in [0.15, 0.2) is 30.5 Å². The van der Waals surface area contributed by atoms with Crippen LogP contribution in [0, 0.1) is 12.7 Å². The highest BCUT2D eigenvalue weighted by Crippen LogP contribution is 2.21. The highest BCUT2D eigenvalue weighted by atomic mass is 19.1. The van der Waals surface area contributed by atoms with Crippen molar-refractivity contribution in [3.8, 4) is 0 Å². The van der Waals surface area contributed by atoms with Gasteiger partial charge in [-0.25, -0.2) is 4.39 Å². The molecule has 1 aromatic carbocycles. The van der Waals surface area contributed by atoms with E-state index in [1.807, 2.05) is 37.0 Å². The van der Waals surface area contributed by atoms with Crippen molar-refractivity contribution in [3.63, 3.8) is 0 Å². The smallest absolute Gasteiger partial charge is 0.123 e. The van der Waals surface area contributed by atoms with E-state index in [2.05, 4.69) is 17.3 Å². The minimum atomic E-state index is -0.184. The molecule has 0 radical (unpaired) electrons. The fourth-order valence-corrected chi connectivity index (χ4v) is 2.55. The SMILES string of the molecule is CCCCC(NCc1cn(C)nc1C)c1ccc(F)cc1. The summed E-state index contributed by atoms with van der Waals surface area (Å²) in [5.41, 5.74) is 3.41. The fourth-order valence-electron chi connectivity index (χ4n) is 2.55. The summed E-state index contributed by atoms with van der Waals surface area (Å²) in [5, 5.41) is 7.95. The molecule has 4 heteroatoms. The lowest BCUT2D eigenvalue weighted by molar-refractivity contribution is 0.479. The Labute approximate surface area is 126 Å². The lowest BCUT2D eigenvalue weighted by Crippen LogP contribution is -2.21. The number of unbranched alkanes of at least 4 members (excludes halogenated alkanes) is 1. The van der Waals surface area contributed by atoms with E-state index in [0.29, 0.717) is 0 Å². The molecule has 21 heavy (non-hydrogen) atoms. The molecule has 0 amide bonds. The molecule has 1 aromatic heterocycles. The van der Waals surface area contributed by atoms with E-state index in [1.54, 1.807) is 0 Å². The number of aryl methyl sites for hydroxylation is 2. The van der Waals surface area contributed by atoms with Crippen molar-refractivity contribution >= 4 is 0 Å². The Morgan fingerprint density at radius 2 is 2.00 bits per heavy atom. The molecule has 2 aromatic rings. The van der Waals surface area contributed by atoms with Crippen LogP contribution in [0.1, 0.15) is 49.0 Å². The zero-order chi connectivity index (χ0) is 15.2. The van der Waals surface area contributed by atoms with Gasteiger partial charge >= 0.3 is 0 Å². The van der Waals surface area contributed by atoms with Gasteiger partial charge in [0.15, 0.2) is 0 Å². The van der Waals surface area contributed by atoms with Crippen molar-refractivity contribution in [2.24, 2.45) is 7.05 Å². The number of aromatic nitrogens is 2. The minimum Gasteiger partial charge on any atom is -0.306 e. The van der Waals surface area contributed by atoms with Gasteiger partial charge in [0, 0.05) is 31.4 Å². The van der Waals surface area contributed by atoms with Crippen molar-refractivity contribution in [1.82, 2.24) is 15.1 Å². The second-order valence-corrected chi connectivity index (χ2v) is 5.54. The Morgan fingerprint density at radius 3 is 2.57 bits per heavy atom. The summed E-state index contributed by atoms with van der Waals surface area (Å²) in [7, 11) is 1.94. The highest BCUT2D eigenvalue weighted by molar-refractivity contribution is 5.21. The number of nitrogens with one attached hydrogen (secondary N) is 1. The van der Waals surface area contributed by atoms with Crippen LogP contribution >= 0.6 is 0 Å². The number of hydrogen-bond donors (Lipinski definition) is 1. The number of nitrogens with zero attached hydrogens (tertiary/aromatic N) is 2. The normalized spacial score (nSPS) is 12.6. The summed E-state index contributed by atoms with van der Waals surface area (Å²) < 4.78 is 14.9. The number of hydrogen-bond acceptors (Lipinski definition) is 2. The van der Waals surface area contributed by atoms with Crippen molar-refractivity contribution in [3.05, 3.63) is 53.1 Å². The van der Waals surface area contributed by atoms with Crippen LogP contribution in [0.2, 0.25) is 0 Å². The fraction of sp³-hybridized carbons (Fsp3) is 0.471. The zero-order valence-electron chi connectivity index (χ0n) is 13.1. The predicted molar refractivity (Wildman–Crippen MR) is 83.5 cm³/mol. The minimum absolute atomic E-state index is 0.184. The second-order valence-electron chi connectivity index (χ2n) is 5.54. The average molecular weight is 289 g/mol. The molecule has 0 saturated carbocycles. The Bertz CT molecular complexity index is 560. The van der Waals surface area contributed by atoms with E-state index in [-0.39, 0.29) is 11.9 Å². The summed E-state index contributed by atoms with van der Waals surface area (Å²) in [5.74, 6) is -0.184. The van der Waals surface area contributed by atoms with Crippen molar-refractivity contribution < 1.29 is 4.39 Å². The maximum absolute atomic E-state index is 13.1. The van der Waals surface area contributed by atoms with Crippen molar-refractivity contribution in [1.29, 1.82) is 0 Å². The molecule has 0 spiro atoms. The average Bonchev–Trinajstić information content (AvgIpc) is 2.78. The van der Waals surface area contributed by atoms with Crippen LogP contribution in [-0.4, -0.2) is 9.78 Å². The topological polar surface area (TPSA) is 29.9 Å². The van der Waals surface area contributed by atoms with Gasteiger partial charge < -0.3 is 5.32 Å². The molecule has 1 heterocycles. The third-order valence-corrected chi connectivity index (χ3v) is 3.77. The Hall–Kier alpha value is -1.68. The first-order valence-corrected chi connectivity index (χ1v) is 7.58. The largest absolute Gasteiger partial charge is 0.306 e. The molecule has 3 nitrogen and oxygen atoms in total. The first-order valence-electron chi connectivity index (χ1n) is 7.58. The summed E-state index contributed by atoms with van der Waals surface area (Å²) >= 11 is 0. The summed E-state index contributed by atoms with van der Waals surface area (Å²) in [6.07, 6.45) is 5.41. The molecule has 0 aliphatic rings. The van der Waals surface area contributed by atoms with Gasteiger partial charge in [-0.3, -0.25) is 4.68 Å². The maximum Gasteiger partial charge on any atom is 0.123 e. The van der Waals surface area contributed by atoms with Gasteiger partial charge in [-0.15, -0.1) is 0 Å². The van der Waals surface area contributed by atoms with Gasteiger partial charge in [0.25, 0.3) is 0 Å². The van der Waals surface area contributed by atoms with Gasteiger partial charge in [-0.05, 0) is 31.0 Å². The van der Waals surface area contributed by atoms with Crippen LogP contribution < -0.4 is 5.32 Å². The standard InChI is InChI=1S/C17H24FN3/c1-4-5-6-17(14-7-9-16(18)10-8-14)19-11-15-12-21(3)20-13(15)2/h7-10,12,17,19H,4-6,11H2,1-3H3. The molecule has 0 saturated heterocycles. The summed E-state index contributed by atoms with van der Waals surface area (Å²) in [6, 6.07) is 7.07. The van der Waals surface area contributed by atoms with E-state index in [0.717, 1.165) is 37.1 Å². The van der Waals surface area contributed by atoms with E-state index >= 15 is 0 Å². The molecule has 2 rings (SSSR count). The van der Waals surface area contributed by atoms with Gasteiger partial charge in [0.2, 0.25) is 0 Å². The Morgan fingerprint density at radius 1 is 1.29 bits per heavy atom. The van der Waals surface area contributed by atoms with Crippen molar-refractivity contribution in [2.75, 3.05) is 0 Å². The molecule has 0 aliphatic heterocycles. The predicted octanol–water partition coefficient (Wildman–Crippen LogP) is 3.89. The maximum atomic E-state index is 13.1. The number of benzene rings is 1. The zero-order valence-corrected chi connectivity index (χ0v) is 13.1. The highest BCUT2D eigenvalue weighted by Gasteiger charge is 2.12. The first-order chi connectivity index (χ1) is 10.1. The third kappa shape index (κ3) is 4.39. The molecular weight excluding hydrogens is 265 g/mol. The molecule has 1 unspecified atom stereocenters.